The number of hydrogen-bond donors (Lipinski definition) is 6. The van der Waals surface area contributed by atoms with E-state index < -0.39 is 37.6 Å². The summed E-state index contributed by atoms with van der Waals surface area (Å²) in [6, 6.07) is 0. The Kier molecular flexibility index (Phi) is 9.69. The fourth-order valence-corrected chi connectivity index (χ4v) is 0.671. The summed E-state index contributed by atoms with van der Waals surface area (Å²) in [6.45, 7) is -1.45. The number of aliphatic hydroxyl groups excluding tert-OH is 6. The smallest absolute Gasteiger partial charge is 1.00 e. The molecule has 0 aliphatic heterocycles. The van der Waals surface area contributed by atoms with Crippen LogP contribution in [0.1, 0.15) is 2.85 Å². The second-order valence-corrected chi connectivity index (χ2v) is 2.48. The Hall–Kier alpha value is 0.526. The number of hydrogen-bond acceptors (Lipinski definition) is 6. The molecule has 0 aromatic carbocycles. The maximum atomic E-state index is 8.96. The van der Waals surface area contributed by atoms with E-state index in [0.29, 0.717) is 0 Å². The molecule has 0 radical (unpaired) electrons. The van der Waals surface area contributed by atoms with Crippen molar-refractivity contribution in [3.63, 3.8) is 0 Å². The van der Waals surface area contributed by atoms with Crippen LogP contribution in [0.2, 0.25) is 0 Å². The average molecular weight is 208 g/mol. The topological polar surface area (TPSA) is 121 Å². The van der Waals surface area contributed by atoms with Gasteiger partial charge in [0.05, 0.1) is 13.2 Å². The Balaban J connectivity index is -0.000000202. The van der Waals surface area contributed by atoms with Gasteiger partial charge in [-0.25, -0.2) is 0 Å². The van der Waals surface area contributed by atoms with Crippen molar-refractivity contribution < 1.29 is 33.5 Å². The van der Waals surface area contributed by atoms with Crippen molar-refractivity contribution in [3.05, 3.63) is 0 Å². The van der Waals surface area contributed by atoms with Crippen molar-refractivity contribution in [2.75, 3.05) is 13.2 Å². The maximum Gasteiger partial charge on any atom is 2.00 e. The molecule has 7 heteroatoms. The summed E-state index contributed by atoms with van der Waals surface area (Å²) in [4.78, 5) is 0. The summed E-state index contributed by atoms with van der Waals surface area (Å²) in [5.74, 6) is 0. The van der Waals surface area contributed by atoms with Crippen LogP contribution in [0.5, 0.6) is 0 Å². The predicted molar refractivity (Wildman–Crippen MR) is 46.2 cm³/mol. The molecular formula is C6H16MgO6. The number of rotatable bonds is 5. The molecule has 0 fully saturated rings. The number of aliphatic hydroxyl groups is 6. The van der Waals surface area contributed by atoms with Gasteiger partial charge in [-0.1, -0.05) is 0 Å². The minimum atomic E-state index is -1.67. The van der Waals surface area contributed by atoms with Gasteiger partial charge in [-0.3, -0.25) is 0 Å². The predicted octanol–water partition coefficient (Wildman–Crippen LogP) is -3.74. The Morgan fingerprint density at radius 3 is 1.15 bits per heavy atom. The molecule has 0 bridgehead atoms. The molecule has 0 rings (SSSR count). The van der Waals surface area contributed by atoms with E-state index in [4.69, 9.17) is 30.6 Å². The van der Waals surface area contributed by atoms with Crippen LogP contribution in [0.25, 0.3) is 0 Å². The van der Waals surface area contributed by atoms with E-state index in [-0.39, 0.29) is 25.9 Å². The Morgan fingerprint density at radius 2 is 1.00 bits per heavy atom. The quantitative estimate of drug-likeness (QED) is 0.258. The summed E-state index contributed by atoms with van der Waals surface area (Å²) in [5, 5.41) is 52.2. The molecule has 0 aliphatic carbocycles. The van der Waals surface area contributed by atoms with Crippen LogP contribution in [-0.4, -0.2) is 91.3 Å². The molecule has 13 heavy (non-hydrogen) atoms. The summed E-state index contributed by atoms with van der Waals surface area (Å²) < 4.78 is 0. The Bertz CT molecular complexity index is 118. The Morgan fingerprint density at radius 1 is 0.769 bits per heavy atom. The van der Waals surface area contributed by atoms with Gasteiger partial charge in [0.2, 0.25) is 0 Å². The largest absolute Gasteiger partial charge is 2.00 e. The van der Waals surface area contributed by atoms with Crippen LogP contribution in [0.3, 0.4) is 0 Å². The normalized spacial score (nSPS) is 19.8. The summed E-state index contributed by atoms with van der Waals surface area (Å²) in [7, 11) is 0. The summed E-state index contributed by atoms with van der Waals surface area (Å²) >= 11 is 0. The van der Waals surface area contributed by atoms with Gasteiger partial charge in [-0.2, -0.15) is 0 Å². The van der Waals surface area contributed by atoms with Crippen LogP contribution < -0.4 is 0 Å². The molecule has 0 heterocycles. The molecule has 0 aliphatic rings. The van der Waals surface area contributed by atoms with Crippen molar-refractivity contribution in [1.29, 1.82) is 0 Å². The van der Waals surface area contributed by atoms with Crippen molar-refractivity contribution in [2.45, 2.75) is 24.4 Å². The first-order valence-corrected chi connectivity index (χ1v) is 3.48. The third kappa shape index (κ3) is 5.08. The molecular weight excluding hydrogens is 192 g/mol. The van der Waals surface area contributed by atoms with E-state index in [0.717, 1.165) is 0 Å². The molecule has 4 unspecified atom stereocenters. The summed E-state index contributed by atoms with van der Waals surface area (Å²) in [5.41, 5.74) is 0. The van der Waals surface area contributed by atoms with Gasteiger partial charge in [0.1, 0.15) is 24.4 Å². The molecule has 6 nitrogen and oxygen atoms in total. The van der Waals surface area contributed by atoms with E-state index in [9.17, 15) is 0 Å². The first-order valence-electron chi connectivity index (χ1n) is 3.48. The van der Waals surface area contributed by atoms with Crippen LogP contribution in [0, 0.1) is 0 Å². The van der Waals surface area contributed by atoms with E-state index >= 15 is 0 Å². The molecule has 0 aromatic rings. The molecule has 0 aromatic heterocycles. The van der Waals surface area contributed by atoms with Crippen LogP contribution >= 0.6 is 0 Å². The third-order valence-electron chi connectivity index (χ3n) is 1.51. The molecule has 78 valence electrons. The zero-order chi connectivity index (χ0) is 9.72. The van der Waals surface area contributed by atoms with E-state index in [1.54, 1.807) is 0 Å². The van der Waals surface area contributed by atoms with E-state index in [1.807, 2.05) is 0 Å². The monoisotopic (exact) mass is 208 g/mol. The van der Waals surface area contributed by atoms with Gasteiger partial charge >= 0.3 is 23.1 Å². The van der Waals surface area contributed by atoms with Gasteiger partial charge in [-0.15, -0.1) is 0 Å². The first-order chi connectivity index (χ1) is 5.54. The molecule has 0 spiro atoms. The van der Waals surface area contributed by atoms with Crippen molar-refractivity contribution in [2.24, 2.45) is 0 Å². The molecule has 0 saturated heterocycles. The standard InChI is InChI=1S/C6H14O6.Mg.2H/c7-1-3(9)5(11)6(12)4(10)2-8;;;/h3-12H,1-2H2;;;/q;+2;2*-1. The van der Waals surface area contributed by atoms with Crippen molar-refractivity contribution in [1.82, 2.24) is 0 Å². The van der Waals surface area contributed by atoms with Gasteiger partial charge < -0.3 is 33.5 Å². The summed E-state index contributed by atoms with van der Waals surface area (Å²) in [6.07, 6.45) is -6.39. The van der Waals surface area contributed by atoms with E-state index in [1.165, 1.54) is 0 Å². The van der Waals surface area contributed by atoms with Gasteiger partial charge in [0.25, 0.3) is 0 Å². The molecule has 6 N–H and O–H groups in total. The third-order valence-corrected chi connectivity index (χ3v) is 1.51. The van der Waals surface area contributed by atoms with Gasteiger partial charge in [0.15, 0.2) is 0 Å². The fourth-order valence-electron chi connectivity index (χ4n) is 0.671. The van der Waals surface area contributed by atoms with Crippen molar-refractivity contribution in [3.8, 4) is 0 Å². The van der Waals surface area contributed by atoms with Crippen LogP contribution in [0.4, 0.5) is 0 Å². The van der Waals surface area contributed by atoms with Gasteiger partial charge in [0, 0.05) is 0 Å². The van der Waals surface area contributed by atoms with Crippen LogP contribution in [-0.2, 0) is 0 Å². The van der Waals surface area contributed by atoms with E-state index in [2.05, 4.69) is 0 Å². The molecule has 0 amide bonds. The SMILES string of the molecule is OCC(O)C(O)C(O)C(O)CO.[H-].[H-].[Mg+2]. The minimum Gasteiger partial charge on any atom is -1.00 e. The zero-order valence-electron chi connectivity index (χ0n) is 9.11. The fraction of sp³-hybridized carbons (Fsp3) is 1.00. The molecule has 4 atom stereocenters. The zero-order valence-corrected chi connectivity index (χ0v) is 8.53. The van der Waals surface area contributed by atoms with Gasteiger partial charge in [-0.05, 0) is 0 Å². The Labute approximate surface area is 94.6 Å². The van der Waals surface area contributed by atoms with Crippen molar-refractivity contribution >= 4 is 23.1 Å². The minimum absolute atomic E-state index is 0. The second-order valence-electron chi connectivity index (χ2n) is 2.48. The molecule has 0 saturated carbocycles. The first kappa shape index (κ1) is 16.0. The average Bonchev–Trinajstić information content (AvgIpc) is 2.12. The van der Waals surface area contributed by atoms with Crippen LogP contribution in [0.15, 0.2) is 0 Å². The maximum absolute atomic E-state index is 8.96. The second kappa shape index (κ2) is 7.89.